The zero-order valence-electron chi connectivity index (χ0n) is 27.1. The summed E-state index contributed by atoms with van der Waals surface area (Å²) in [5.74, 6) is 2.96. The highest BCUT2D eigenvalue weighted by Gasteiger charge is 2.35. The first-order chi connectivity index (χ1) is 22.6. The van der Waals surface area contributed by atoms with Crippen LogP contribution < -0.4 is 11.4 Å². The lowest BCUT2D eigenvalue weighted by atomic mass is 9.90. The van der Waals surface area contributed by atoms with Gasteiger partial charge in [-0.2, -0.15) is 9.97 Å². The van der Waals surface area contributed by atoms with Crippen molar-refractivity contribution in [3.8, 4) is 11.1 Å². The summed E-state index contributed by atoms with van der Waals surface area (Å²) in [6, 6.07) is 0. The molecule has 0 aromatic carbocycles. The average molecular weight is 621 g/mol. The molecule has 2 saturated carbocycles. The Morgan fingerprint density at radius 2 is 0.913 bits per heavy atom. The van der Waals surface area contributed by atoms with Crippen LogP contribution >= 0.6 is 0 Å². The van der Waals surface area contributed by atoms with E-state index in [-0.39, 0.29) is 22.8 Å². The normalized spacial score (nSPS) is 16.1. The molecule has 0 spiro atoms. The summed E-state index contributed by atoms with van der Waals surface area (Å²) in [6.45, 7) is 5.60. The van der Waals surface area contributed by atoms with Crippen molar-refractivity contribution in [1.29, 1.82) is 0 Å². The van der Waals surface area contributed by atoms with E-state index < -0.39 is 0 Å². The van der Waals surface area contributed by atoms with Crippen LogP contribution in [-0.2, 0) is 13.1 Å². The van der Waals surface area contributed by atoms with Gasteiger partial charge < -0.3 is 8.83 Å². The van der Waals surface area contributed by atoms with E-state index in [4.69, 9.17) is 8.83 Å². The largest absolute Gasteiger partial charge is 0.441 e. The van der Waals surface area contributed by atoms with Crippen LogP contribution in [0.25, 0.3) is 33.3 Å². The van der Waals surface area contributed by atoms with E-state index in [1.165, 1.54) is 38.5 Å². The van der Waals surface area contributed by atoms with Crippen molar-refractivity contribution >= 4 is 22.2 Å². The number of aryl methyl sites for hydroxylation is 2. The zero-order valence-corrected chi connectivity index (χ0v) is 27.1. The van der Waals surface area contributed by atoms with Crippen molar-refractivity contribution in [3.05, 3.63) is 108 Å². The molecule has 8 heteroatoms. The predicted octanol–water partition coefficient (Wildman–Crippen LogP) is 8.19. The monoisotopic (exact) mass is 620 g/mol. The fraction of sp³-hybridized carbons (Fsp3) is 0.421. The van der Waals surface area contributed by atoms with E-state index in [2.05, 4.69) is 23.8 Å². The van der Waals surface area contributed by atoms with Gasteiger partial charge in [0, 0.05) is 48.4 Å². The van der Waals surface area contributed by atoms with Crippen LogP contribution in [0.4, 0.5) is 0 Å². The number of nitrogens with zero attached hydrogens (tertiary/aromatic N) is 4. The molecule has 0 bridgehead atoms. The Bertz CT molecular complexity index is 1570. The van der Waals surface area contributed by atoms with E-state index in [1.54, 1.807) is 9.13 Å². The van der Waals surface area contributed by atoms with Gasteiger partial charge in [-0.1, -0.05) is 78.1 Å². The Hall–Kier alpha value is -3.16. The number of aromatic nitrogens is 4. The number of hydrogen-bond donors (Lipinski definition) is 0. The topological polar surface area (TPSA) is 96.1 Å². The van der Waals surface area contributed by atoms with Gasteiger partial charge in [-0.3, -0.25) is 9.13 Å². The first-order valence-electron chi connectivity index (χ1n) is 17.1. The molecule has 0 aliphatic heterocycles. The minimum absolute atomic E-state index is 0.284. The quantitative estimate of drug-likeness (QED) is 0.110. The van der Waals surface area contributed by atoms with Crippen LogP contribution in [0.3, 0.4) is 0 Å². The van der Waals surface area contributed by atoms with Crippen molar-refractivity contribution in [2.75, 3.05) is 0 Å². The molecule has 0 amide bonds. The Morgan fingerprint density at radius 3 is 1.30 bits per heavy atom. The van der Waals surface area contributed by atoms with Crippen molar-refractivity contribution in [2.45, 2.75) is 104 Å². The summed E-state index contributed by atoms with van der Waals surface area (Å²) in [5, 5.41) is 1.46. The number of furan rings is 2. The standard InChI is InChI=1S/C38H44N4O4/c1-3-5-7-9-11-17-23-41-25-29-31(33(27-19-13-14-20-27)45-35(29)39-37(41)43)32-30-26-42(24-18-12-10-8-6-4-2)38(44)40-36(30)46-34(32)28-21-15-16-22-28/h13-16,19-22,25-26H,3-12,17-18,23-24H2,1-2H3. The summed E-state index contributed by atoms with van der Waals surface area (Å²) in [7, 11) is 0. The summed E-state index contributed by atoms with van der Waals surface area (Å²) in [4.78, 5) is 35.1. The van der Waals surface area contributed by atoms with E-state index >= 15 is 0 Å². The average Bonchev–Trinajstić information content (AvgIpc) is 3.87. The maximum Gasteiger partial charge on any atom is 0.350 e. The molecular weight excluding hydrogens is 576 g/mol. The van der Waals surface area contributed by atoms with Gasteiger partial charge in [0.2, 0.25) is 11.4 Å². The molecule has 6 rings (SSSR count). The molecule has 2 aliphatic carbocycles. The SMILES string of the molecule is CCCCCCCCn1cc2c(-c3c([C]4[CH][CH][CH][CH]4)oc4nc(=O)n(CCCCCCCC)cc34)c([C]3[CH][CH][CH][CH]3)oc2nc1=O. The molecular formula is C38H44N4O4. The Labute approximate surface area is 273 Å². The second kappa shape index (κ2) is 15.6. The first kappa shape index (κ1) is 32.8. The van der Waals surface area contributed by atoms with Crippen molar-refractivity contribution in [1.82, 2.24) is 19.1 Å². The lowest BCUT2D eigenvalue weighted by molar-refractivity contribution is 0.535. The molecule has 0 saturated heterocycles. The summed E-state index contributed by atoms with van der Waals surface area (Å²) < 4.78 is 16.2. The Morgan fingerprint density at radius 1 is 0.543 bits per heavy atom. The molecule has 10 radical (unpaired) electrons. The van der Waals surface area contributed by atoms with Crippen LogP contribution in [0.15, 0.2) is 30.8 Å². The highest BCUT2D eigenvalue weighted by Crippen LogP contribution is 2.48. The van der Waals surface area contributed by atoms with E-state index in [1.807, 2.05) is 63.8 Å². The van der Waals surface area contributed by atoms with Gasteiger partial charge in [-0.15, -0.1) is 0 Å². The molecule has 0 atom stereocenters. The smallest absolute Gasteiger partial charge is 0.350 e. The van der Waals surface area contributed by atoms with Gasteiger partial charge in [0.05, 0.1) is 10.8 Å². The molecule has 46 heavy (non-hydrogen) atoms. The third-order valence-corrected chi connectivity index (χ3v) is 8.91. The Kier molecular flexibility index (Phi) is 11.1. The Balaban J connectivity index is 1.44. The van der Waals surface area contributed by atoms with Gasteiger partial charge in [-0.25, -0.2) is 9.59 Å². The summed E-state index contributed by atoms with van der Waals surface area (Å²) in [5.41, 5.74) is 1.49. The number of hydrogen-bond acceptors (Lipinski definition) is 6. The van der Waals surface area contributed by atoms with Gasteiger partial charge in [0.15, 0.2) is 0 Å². The van der Waals surface area contributed by atoms with E-state index in [0.29, 0.717) is 24.6 Å². The molecule has 2 fully saturated rings. The predicted molar refractivity (Wildman–Crippen MR) is 181 cm³/mol. The van der Waals surface area contributed by atoms with Crippen molar-refractivity contribution in [3.63, 3.8) is 0 Å². The molecule has 4 heterocycles. The van der Waals surface area contributed by atoms with Crippen LogP contribution in [0.1, 0.15) is 102 Å². The zero-order chi connectivity index (χ0) is 31.9. The maximum absolute atomic E-state index is 13.1. The first-order valence-corrected chi connectivity index (χ1v) is 17.1. The second-order valence-corrected chi connectivity index (χ2v) is 12.4. The van der Waals surface area contributed by atoms with Gasteiger partial charge in [0.25, 0.3) is 0 Å². The maximum atomic E-state index is 13.1. The highest BCUT2D eigenvalue weighted by molar-refractivity contribution is 6.05. The third kappa shape index (κ3) is 7.21. The number of fused-ring (bicyclic) bond motifs is 2. The van der Waals surface area contributed by atoms with Crippen molar-refractivity contribution < 1.29 is 8.83 Å². The summed E-state index contributed by atoms with van der Waals surface area (Å²) in [6.07, 6.45) is 33.1. The fourth-order valence-electron chi connectivity index (χ4n) is 6.39. The van der Waals surface area contributed by atoms with Crippen LogP contribution in [0.2, 0.25) is 0 Å². The number of unbranched alkanes of at least 4 members (excludes halogenated alkanes) is 10. The van der Waals surface area contributed by atoms with Gasteiger partial charge >= 0.3 is 11.4 Å². The molecule has 2 aliphatic rings. The third-order valence-electron chi connectivity index (χ3n) is 8.91. The minimum Gasteiger partial charge on any atom is -0.441 e. The lowest BCUT2D eigenvalue weighted by Gasteiger charge is -2.12. The van der Waals surface area contributed by atoms with Crippen LogP contribution in [-0.4, -0.2) is 19.1 Å². The molecule has 4 aromatic rings. The molecule has 4 aromatic heterocycles. The van der Waals surface area contributed by atoms with E-state index in [9.17, 15) is 9.59 Å². The van der Waals surface area contributed by atoms with Crippen LogP contribution in [0, 0.1) is 63.2 Å². The molecule has 0 unspecified atom stereocenters. The van der Waals surface area contributed by atoms with Gasteiger partial charge in [-0.05, 0) is 64.2 Å². The number of rotatable bonds is 17. The molecule has 0 N–H and O–H groups in total. The van der Waals surface area contributed by atoms with Gasteiger partial charge in [0.1, 0.15) is 11.5 Å². The summed E-state index contributed by atoms with van der Waals surface area (Å²) >= 11 is 0. The van der Waals surface area contributed by atoms with Crippen LogP contribution in [0.5, 0.6) is 0 Å². The minimum atomic E-state index is -0.321. The van der Waals surface area contributed by atoms with Crippen molar-refractivity contribution in [2.24, 2.45) is 0 Å². The fourth-order valence-corrected chi connectivity index (χ4v) is 6.39. The molecule has 8 nitrogen and oxygen atoms in total. The second-order valence-electron chi connectivity index (χ2n) is 12.4. The van der Waals surface area contributed by atoms with E-state index in [0.717, 1.165) is 72.3 Å². The molecule has 240 valence electrons. The lowest BCUT2D eigenvalue weighted by Crippen LogP contribution is -2.22. The highest BCUT2D eigenvalue weighted by atomic mass is 16.4.